The van der Waals surface area contributed by atoms with E-state index in [-0.39, 0.29) is 23.0 Å². The number of aromatic nitrogens is 2. The number of benzene rings is 1. The Balaban J connectivity index is 2.31. The van der Waals surface area contributed by atoms with Crippen molar-refractivity contribution in [2.75, 3.05) is 12.4 Å². The van der Waals surface area contributed by atoms with Gasteiger partial charge in [0.05, 0.1) is 18.4 Å². The fourth-order valence-corrected chi connectivity index (χ4v) is 1.51. The van der Waals surface area contributed by atoms with Crippen LogP contribution in [0.1, 0.15) is 26.9 Å². The van der Waals surface area contributed by atoms with E-state index in [1.54, 1.807) is 0 Å². The number of nitrogens with zero attached hydrogens (tertiary/aromatic N) is 2. The molecule has 0 aliphatic carbocycles. The maximum atomic E-state index is 11.9. The number of aryl methyl sites for hydroxylation is 1. The Morgan fingerprint density at radius 3 is 2.70 bits per heavy atom. The van der Waals surface area contributed by atoms with Crippen LogP contribution in [0.3, 0.4) is 0 Å². The number of rotatable bonds is 4. The molecule has 8 heteroatoms. The maximum Gasteiger partial charge on any atom is 0.337 e. The molecule has 8 nitrogen and oxygen atoms in total. The minimum absolute atomic E-state index is 0.0700. The first kappa shape index (κ1) is 13.5. The van der Waals surface area contributed by atoms with Gasteiger partial charge in [0, 0.05) is 13.0 Å². The van der Waals surface area contributed by atoms with Crippen LogP contribution in [0.25, 0.3) is 0 Å². The largest absolute Gasteiger partial charge is 0.497 e. The number of aromatic carboxylic acids is 1. The third-order valence-electron chi connectivity index (χ3n) is 2.44. The number of carbonyl (C=O) groups is 2. The molecule has 0 spiro atoms. The molecule has 2 N–H and O–H groups in total. The zero-order valence-corrected chi connectivity index (χ0v) is 10.7. The summed E-state index contributed by atoms with van der Waals surface area (Å²) in [6.45, 7) is 1.54. The highest BCUT2D eigenvalue weighted by molar-refractivity contribution is 6.06. The van der Waals surface area contributed by atoms with Gasteiger partial charge in [-0.2, -0.15) is 4.98 Å². The number of nitrogens with one attached hydrogen (secondary N) is 1. The third-order valence-corrected chi connectivity index (χ3v) is 2.44. The Bertz CT molecular complexity index is 665. The van der Waals surface area contributed by atoms with E-state index in [1.165, 1.54) is 32.2 Å². The van der Waals surface area contributed by atoms with E-state index in [0.717, 1.165) is 0 Å². The molecule has 0 fully saturated rings. The van der Waals surface area contributed by atoms with Crippen LogP contribution in [0.4, 0.5) is 5.69 Å². The van der Waals surface area contributed by atoms with Crippen molar-refractivity contribution in [1.82, 2.24) is 10.1 Å². The highest BCUT2D eigenvalue weighted by Gasteiger charge is 2.17. The van der Waals surface area contributed by atoms with E-state index < -0.39 is 11.9 Å². The lowest BCUT2D eigenvalue weighted by Gasteiger charge is -2.08. The van der Waals surface area contributed by atoms with Crippen LogP contribution in [0.5, 0.6) is 5.75 Å². The van der Waals surface area contributed by atoms with E-state index in [2.05, 4.69) is 20.0 Å². The molecular weight excluding hydrogens is 266 g/mol. The van der Waals surface area contributed by atoms with Crippen LogP contribution < -0.4 is 10.1 Å². The van der Waals surface area contributed by atoms with Crippen molar-refractivity contribution in [3.63, 3.8) is 0 Å². The predicted octanol–water partition coefficient (Wildman–Crippen LogP) is 1.34. The quantitative estimate of drug-likeness (QED) is 0.866. The highest BCUT2D eigenvalue weighted by atomic mass is 16.5. The molecule has 0 saturated carbocycles. The van der Waals surface area contributed by atoms with Crippen molar-refractivity contribution in [3.05, 3.63) is 35.5 Å². The van der Waals surface area contributed by atoms with E-state index >= 15 is 0 Å². The van der Waals surface area contributed by atoms with Crippen LogP contribution in [0.2, 0.25) is 0 Å². The first-order valence-electron chi connectivity index (χ1n) is 5.54. The van der Waals surface area contributed by atoms with Gasteiger partial charge in [-0.3, -0.25) is 4.79 Å². The summed E-state index contributed by atoms with van der Waals surface area (Å²) in [5, 5.41) is 14.9. The van der Waals surface area contributed by atoms with Gasteiger partial charge in [-0.15, -0.1) is 0 Å². The Morgan fingerprint density at radius 1 is 1.40 bits per heavy atom. The monoisotopic (exact) mass is 277 g/mol. The second-order valence-corrected chi connectivity index (χ2v) is 3.81. The summed E-state index contributed by atoms with van der Waals surface area (Å²) in [7, 11) is 1.43. The van der Waals surface area contributed by atoms with Gasteiger partial charge in [0.15, 0.2) is 0 Å². The average molecular weight is 277 g/mol. The number of methoxy groups -OCH3 is 1. The van der Waals surface area contributed by atoms with Gasteiger partial charge in [-0.05, 0) is 12.1 Å². The van der Waals surface area contributed by atoms with Gasteiger partial charge < -0.3 is 19.7 Å². The Hall–Kier alpha value is -2.90. The second-order valence-electron chi connectivity index (χ2n) is 3.81. The molecule has 20 heavy (non-hydrogen) atoms. The summed E-state index contributed by atoms with van der Waals surface area (Å²) in [5.41, 5.74) is 0.0173. The van der Waals surface area contributed by atoms with Crippen molar-refractivity contribution in [2.24, 2.45) is 0 Å². The van der Waals surface area contributed by atoms with Crippen molar-refractivity contribution >= 4 is 17.6 Å². The van der Waals surface area contributed by atoms with Crippen molar-refractivity contribution in [3.8, 4) is 5.75 Å². The van der Waals surface area contributed by atoms with Gasteiger partial charge in [0.2, 0.25) is 5.89 Å². The number of hydrogen-bond donors (Lipinski definition) is 2. The molecule has 1 aromatic carbocycles. The molecule has 1 aromatic heterocycles. The lowest BCUT2D eigenvalue weighted by molar-refractivity contribution is 0.0698. The van der Waals surface area contributed by atoms with Gasteiger partial charge >= 0.3 is 5.97 Å². The number of amides is 1. The Labute approximate surface area is 113 Å². The van der Waals surface area contributed by atoms with Crippen LogP contribution in [0.15, 0.2) is 22.7 Å². The zero-order chi connectivity index (χ0) is 14.7. The fraction of sp³-hybridized carbons (Fsp3) is 0.167. The molecule has 0 saturated heterocycles. The van der Waals surface area contributed by atoms with Crippen molar-refractivity contribution in [2.45, 2.75) is 6.92 Å². The second kappa shape index (κ2) is 5.39. The van der Waals surface area contributed by atoms with Crippen molar-refractivity contribution < 1.29 is 24.0 Å². The number of carboxylic acid groups (broad SMARTS) is 1. The molecule has 0 aliphatic rings. The minimum atomic E-state index is -1.17. The number of carboxylic acids is 1. The summed E-state index contributed by atoms with van der Waals surface area (Å²) in [6.07, 6.45) is 0. The molecule has 0 unspecified atom stereocenters. The van der Waals surface area contributed by atoms with Gasteiger partial charge in [-0.1, -0.05) is 5.16 Å². The summed E-state index contributed by atoms with van der Waals surface area (Å²) in [5.74, 6) is -1.37. The number of anilines is 1. The Morgan fingerprint density at radius 2 is 2.15 bits per heavy atom. The van der Waals surface area contributed by atoms with Crippen LogP contribution >= 0.6 is 0 Å². The SMILES string of the molecule is COc1ccc(C(=O)O)c(NC(=O)c2noc(C)n2)c1. The van der Waals surface area contributed by atoms with E-state index in [1.807, 2.05) is 0 Å². The third kappa shape index (κ3) is 2.74. The first-order valence-corrected chi connectivity index (χ1v) is 5.54. The topological polar surface area (TPSA) is 115 Å². The summed E-state index contributed by atoms with van der Waals surface area (Å²) in [4.78, 5) is 26.7. The van der Waals surface area contributed by atoms with Crippen molar-refractivity contribution in [1.29, 1.82) is 0 Å². The molecule has 2 aromatic rings. The molecule has 0 radical (unpaired) electrons. The van der Waals surface area contributed by atoms with E-state index in [9.17, 15) is 9.59 Å². The van der Waals surface area contributed by atoms with Gasteiger partial charge in [-0.25, -0.2) is 4.79 Å². The predicted molar refractivity (Wildman–Crippen MR) is 66.9 cm³/mol. The molecule has 1 amide bonds. The molecule has 0 aliphatic heterocycles. The number of hydrogen-bond acceptors (Lipinski definition) is 6. The first-order chi connectivity index (χ1) is 9.51. The maximum absolute atomic E-state index is 11.9. The normalized spacial score (nSPS) is 10.1. The molecule has 1 heterocycles. The van der Waals surface area contributed by atoms with E-state index in [0.29, 0.717) is 5.75 Å². The summed E-state index contributed by atoms with van der Waals surface area (Å²) < 4.78 is 9.67. The number of ether oxygens (including phenoxy) is 1. The van der Waals surface area contributed by atoms with E-state index in [4.69, 9.17) is 9.84 Å². The molecule has 0 atom stereocenters. The van der Waals surface area contributed by atoms with Crippen LogP contribution in [-0.2, 0) is 0 Å². The minimum Gasteiger partial charge on any atom is -0.497 e. The molecule has 0 bridgehead atoms. The van der Waals surface area contributed by atoms with Gasteiger partial charge in [0.1, 0.15) is 5.75 Å². The number of carbonyl (C=O) groups excluding carboxylic acids is 1. The zero-order valence-electron chi connectivity index (χ0n) is 10.7. The van der Waals surface area contributed by atoms with Gasteiger partial charge in [0.25, 0.3) is 11.7 Å². The molecule has 2 rings (SSSR count). The summed E-state index contributed by atoms with van der Waals surface area (Å²) in [6, 6.07) is 4.21. The molecule has 104 valence electrons. The Kier molecular flexibility index (Phi) is 3.65. The van der Waals surface area contributed by atoms with Crippen LogP contribution in [0, 0.1) is 6.92 Å². The fourth-order valence-electron chi connectivity index (χ4n) is 1.51. The molecular formula is C12H11N3O5. The lowest BCUT2D eigenvalue weighted by atomic mass is 10.1. The highest BCUT2D eigenvalue weighted by Crippen LogP contribution is 2.23. The lowest BCUT2D eigenvalue weighted by Crippen LogP contribution is -2.16. The smallest absolute Gasteiger partial charge is 0.337 e. The van der Waals surface area contributed by atoms with Crippen LogP contribution in [-0.4, -0.2) is 34.2 Å². The standard InChI is InChI=1S/C12H11N3O5/c1-6-13-10(15-20-6)11(16)14-9-5-7(19-2)3-4-8(9)12(17)18/h3-5H,1-2H3,(H,14,16)(H,17,18). The summed E-state index contributed by atoms with van der Waals surface area (Å²) >= 11 is 0. The average Bonchev–Trinajstić information content (AvgIpc) is 2.85.